The van der Waals surface area contributed by atoms with Crippen LogP contribution in [0.5, 0.6) is 0 Å². The predicted molar refractivity (Wildman–Crippen MR) is 108 cm³/mol. The van der Waals surface area contributed by atoms with Crippen LogP contribution >= 0.6 is 23.2 Å². The van der Waals surface area contributed by atoms with Crippen LogP contribution in [-0.4, -0.2) is 14.7 Å². The number of rotatable bonds is 2. The monoisotopic (exact) mass is 396 g/mol. The highest BCUT2D eigenvalue weighted by atomic mass is 35.5. The van der Waals surface area contributed by atoms with Crippen molar-refractivity contribution in [2.24, 2.45) is 0 Å². The molecule has 5 rings (SSSR count). The molecule has 0 radical (unpaired) electrons. The van der Waals surface area contributed by atoms with Gasteiger partial charge in [0.25, 0.3) is 0 Å². The second-order valence-electron chi connectivity index (χ2n) is 6.51. The molecular weight excluding hydrogens is 383 g/mol. The molecule has 0 bridgehead atoms. The van der Waals surface area contributed by atoms with Crippen molar-refractivity contribution < 1.29 is 9.84 Å². The molecule has 2 aromatic heterocycles. The fourth-order valence-corrected chi connectivity index (χ4v) is 4.14. The normalized spacial score (nSPS) is 16.1. The lowest BCUT2D eigenvalue weighted by atomic mass is 10.1. The number of ether oxygens (including phenoxy) is 1. The Morgan fingerprint density at radius 3 is 2.81 bits per heavy atom. The molecule has 0 saturated heterocycles. The summed E-state index contributed by atoms with van der Waals surface area (Å²) in [6, 6.07) is 13.5. The van der Waals surface area contributed by atoms with Gasteiger partial charge in [0.05, 0.1) is 17.3 Å². The lowest BCUT2D eigenvalue weighted by molar-refractivity contribution is -0.0282. The third kappa shape index (κ3) is 2.45. The maximum absolute atomic E-state index is 10.4. The van der Waals surface area contributed by atoms with Crippen molar-refractivity contribution >= 4 is 50.8 Å². The van der Waals surface area contributed by atoms with Gasteiger partial charge in [0, 0.05) is 32.9 Å². The first-order valence-electron chi connectivity index (χ1n) is 8.42. The van der Waals surface area contributed by atoms with Gasteiger partial charge < -0.3 is 14.4 Å². The molecule has 1 aliphatic heterocycles. The number of halogens is 2. The zero-order valence-electron chi connectivity index (χ0n) is 14.1. The highest BCUT2D eigenvalue weighted by Gasteiger charge is 2.31. The van der Waals surface area contributed by atoms with E-state index in [9.17, 15) is 5.11 Å². The molecule has 0 aliphatic carbocycles. The van der Waals surface area contributed by atoms with Crippen LogP contribution < -0.4 is 0 Å². The first-order chi connectivity index (χ1) is 13.0. The fourth-order valence-electron chi connectivity index (χ4n) is 3.77. The van der Waals surface area contributed by atoms with Gasteiger partial charge >= 0.3 is 0 Å². The number of aromatic nitrogens is 2. The SMILES string of the molecule is C=C1OC(O)c2c1ncc1c2c2ccccc2n1Cc1cc(Cl)ccc1Cl. The molecule has 4 aromatic rings. The molecular formula is C21H14Cl2N2O2. The van der Waals surface area contributed by atoms with Gasteiger partial charge in [-0.05, 0) is 29.8 Å². The van der Waals surface area contributed by atoms with Crippen molar-refractivity contribution in [2.45, 2.75) is 12.8 Å². The van der Waals surface area contributed by atoms with Gasteiger partial charge in [-0.3, -0.25) is 4.98 Å². The summed E-state index contributed by atoms with van der Waals surface area (Å²) in [7, 11) is 0. The van der Waals surface area contributed by atoms with Crippen molar-refractivity contribution in [3.63, 3.8) is 0 Å². The topological polar surface area (TPSA) is 47.3 Å². The van der Waals surface area contributed by atoms with E-state index >= 15 is 0 Å². The van der Waals surface area contributed by atoms with Gasteiger partial charge in [-0.2, -0.15) is 0 Å². The lowest BCUT2D eigenvalue weighted by Gasteiger charge is -2.10. The minimum Gasteiger partial charge on any atom is -0.459 e. The highest BCUT2D eigenvalue weighted by molar-refractivity contribution is 6.33. The van der Waals surface area contributed by atoms with Crippen molar-refractivity contribution in [3.8, 4) is 0 Å². The Bertz CT molecular complexity index is 1250. The number of aliphatic hydroxyl groups excluding tert-OH is 1. The van der Waals surface area contributed by atoms with Gasteiger partial charge in [-0.25, -0.2) is 0 Å². The van der Waals surface area contributed by atoms with Gasteiger partial charge in [0.15, 0.2) is 0 Å². The highest BCUT2D eigenvalue weighted by Crippen LogP contribution is 2.43. The average molecular weight is 397 g/mol. The largest absolute Gasteiger partial charge is 0.459 e. The van der Waals surface area contributed by atoms with Gasteiger partial charge in [-0.1, -0.05) is 48.0 Å². The van der Waals surface area contributed by atoms with Gasteiger partial charge in [-0.15, -0.1) is 0 Å². The quantitative estimate of drug-likeness (QED) is 0.483. The summed E-state index contributed by atoms with van der Waals surface area (Å²) in [6.07, 6.45) is 0.719. The Kier molecular flexibility index (Phi) is 3.69. The first kappa shape index (κ1) is 16.6. The predicted octanol–water partition coefficient (Wildman–Crippen LogP) is 5.54. The van der Waals surface area contributed by atoms with Crippen molar-refractivity contribution in [3.05, 3.63) is 82.1 Å². The van der Waals surface area contributed by atoms with E-state index in [0.717, 1.165) is 27.4 Å². The average Bonchev–Trinajstić information content (AvgIpc) is 3.13. The smallest absolute Gasteiger partial charge is 0.227 e. The Morgan fingerprint density at radius 2 is 1.96 bits per heavy atom. The third-order valence-corrected chi connectivity index (χ3v) is 5.56. The van der Waals surface area contributed by atoms with Crippen LogP contribution in [0.2, 0.25) is 10.0 Å². The van der Waals surface area contributed by atoms with Crippen LogP contribution in [0.25, 0.3) is 27.6 Å². The molecule has 6 heteroatoms. The molecule has 2 aromatic carbocycles. The number of aliphatic hydroxyl groups is 1. The van der Waals surface area contributed by atoms with E-state index in [1.807, 2.05) is 30.3 Å². The number of benzene rings is 2. The standard InChI is InChI=1S/C21H14Cl2N2O2/c1-11-20-19(21(26)27-11)18-14-4-2-3-5-16(14)25(17(18)9-24-20)10-12-8-13(22)6-7-15(12)23/h2-9,21,26H,1,10H2. The van der Waals surface area contributed by atoms with E-state index in [1.54, 1.807) is 18.3 Å². The Hall–Kier alpha value is -2.53. The van der Waals surface area contributed by atoms with E-state index < -0.39 is 6.29 Å². The first-order valence-corrected chi connectivity index (χ1v) is 9.18. The summed E-state index contributed by atoms with van der Waals surface area (Å²) in [5, 5.41) is 13.6. The van der Waals surface area contributed by atoms with E-state index in [4.69, 9.17) is 27.9 Å². The Labute approximate surface area is 165 Å². The molecule has 1 aliphatic rings. The van der Waals surface area contributed by atoms with E-state index in [-0.39, 0.29) is 0 Å². The van der Waals surface area contributed by atoms with E-state index in [2.05, 4.69) is 16.1 Å². The number of nitrogens with zero attached hydrogens (tertiary/aromatic N) is 2. The Morgan fingerprint density at radius 1 is 1.15 bits per heavy atom. The van der Waals surface area contributed by atoms with Gasteiger partial charge in [0.2, 0.25) is 6.29 Å². The number of para-hydroxylation sites is 1. The van der Waals surface area contributed by atoms with Crippen LogP contribution in [0.15, 0.2) is 55.2 Å². The summed E-state index contributed by atoms with van der Waals surface area (Å²) in [6.45, 7) is 4.37. The Balaban J connectivity index is 1.84. The van der Waals surface area contributed by atoms with E-state index in [1.165, 1.54) is 0 Å². The van der Waals surface area contributed by atoms with Crippen molar-refractivity contribution in [2.75, 3.05) is 0 Å². The molecule has 3 heterocycles. The minimum atomic E-state index is -1.07. The van der Waals surface area contributed by atoms with Crippen LogP contribution in [-0.2, 0) is 11.3 Å². The second-order valence-corrected chi connectivity index (χ2v) is 7.36. The summed E-state index contributed by atoms with van der Waals surface area (Å²) in [4.78, 5) is 4.49. The zero-order valence-corrected chi connectivity index (χ0v) is 15.6. The van der Waals surface area contributed by atoms with Crippen molar-refractivity contribution in [1.82, 2.24) is 9.55 Å². The summed E-state index contributed by atoms with van der Waals surface area (Å²) < 4.78 is 7.53. The lowest BCUT2D eigenvalue weighted by Crippen LogP contribution is -2.01. The maximum Gasteiger partial charge on any atom is 0.227 e. The van der Waals surface area contributed by atoms with Crippen molar-refractivity contribution in [1.29, 1.82) is 0 Å². The molecule has 0 saturated carbocycles. The summed E-state index contributed by atoms with van der Waals surface area (Å²) >= 11 is 12.6. The van der Waals surface area contributed by atoms with Gasteiger partial charge in [0.1, 0.15) is 11.5 Å². The number of hydrogen-bond acceptors (Lipinski definition) is 3. The van der Waals surface area contributed by atoms with Crippen LogP contribution in [0.4, 0.5) is 0 Å². The zero-order chi connectivity index (χ0) is 18.7. The molecule has 0 fully saturated rings. The fraction of sp³-hybridized carbons (Fsp3) is 0.0952. The number of fused-ring (bicyclic) bond motifs is 5. The molecule has 134 valence electrons. The van der Waals surface area contributed by atoms with Crippen LogP contribution in [0, 0.1) is 0 Å². The molecule has 0 amide bonds. The summed E-state index contributed by atoms with van der Waals surface area (Å²) in [5.74, 6) is 0.383. The molecule has 0 spiro atoms. The molecule has 1 unspecified atom stereocenters. The molecule has 1 N–H and O–H groups in total. The minimum absolute atomic E-state index is 0.383. The number of hydrogen-bond donors (Lipinski definition) is 1. The van der Waals surface area contributed by atoms with E-state index in [0.29, 0.717) is 33.6 Å². The molecule has 27 heavy (non-hydrogen) atoms. The third-order valence-electron chi connectivity index (χ3n) is 4.95. The molecule has 1 atom stereocenters. The maximum atomic E-state index is 10.4. The summed E-state index contributed by atoms with van der Waals surface area (Å²) in [5.41, 5.74) is 4.07. The molecule has 4 nitrogen and oxygen atoms in total. The number of pyridine rings is 1. The van der Waals surface area contributed by atoms with Crippen LogP contribution in [0.1, 0.15) is 23.1 Å². The van der Waals surface area contributed by atoms with Crippen LogP contribution in [0.3, 0.4) is 0 Å². The second kappa shape index (κ2) is 5.99.